The molecule has 2 rings (SSSR count). The normalized spacial score (nSPS) is 11.7. The maximum atomic E-state index is 12.6. The maximum absolute atomic E-state index is 12.6. The molecule has 0 aliphatic heterocycles. The van der Waals surface area contributed by atoms with Crippen LogP contribution < -0.4 is 10.6 Å². The van der Waals surface area contributed by atoms with Gasteiger partial charge in [0.25, 0.3) is 0 Å². The molecule has 2 amide bonds. The predicted molar refractivity (Wildman–Crippen MR) is 105 cm³/mol. The lowest BCUT2D eigenvalue weighted by atomic mass is 10.1. The van der Waals surface area contributed by atoms with Crippen molar-refractivity contribution in [3.05, 3.63) is 53.6 Å². The SMILES string of the molecule is CCC(Sc1cccc(NC(C)=O)c1)C(=O)Nc1ccc(C)cc1C. The van der Waals surface area contributed by atoms with Crippen molar-refractivity contribution in [3.8, 4) is 0 Å². The molecule has 0 spiro atoms. The summed E-state index contributed by atoms with van der Waals surface area (Å²) < 4.78 is 0. The van der Waals surface area contributed by atoms with Gasteiger partial charge in [0.05, 0.1) is 5.25 Å². The summed E-state index contributed by atoms with van der Waals surface area (Å²) in [6.07, 6.45) is 0.714. The number of hydrogen-bond acceptors (Lipinski definition) is 3. The Labute approximate surface area is 153 Å². The topological polar surface area (TPSA) is 58.2 Å². The molecule has 2 aromatic rings. The van der Waals surface area contributed by atoms with Crippen LogP contribution in [0.25, 0.3) is 0 Å². The number of rotatable bonds is 6. The minimum Gasteiger partial charge on any atom is -0.326 e. The first-order valence-electron chi connectivity index (χ1n) is 8.31. The van der Waals surface area contributed by atoms with Gasteiger partial charge in [-0.2, -0.15) is 0 Å². The highest BCUT2D eigenvalue weighted by molar-refractivity contribution is 8.00. The fourth-order valence-electron chi connectivity index (χ4n) is 2.50. The Bertz CT molecular complexity index is 774. The van der Waals surface area contributed by atoms with Gasteiger partial charge in [-0.3, -0.25) is 9.59 Å². The number of carbonyl (C=O) groups excluding carboxylic acids is 2. The van der Waals surface area contributed by atoms with E-state index in [0.29, 0.717) is 6.42 Å². The van der Waals surface area contributed by atoms with E-state index in [0.717, 1.165) is 21.8 Å². The third-order valence-electron chi connectivity index (χ3n) is 3.74. The lowest BCUT2D eigenvalue weighted by Gasteiger charge is -2.16. The zero-order valence-corrected chi connectivity index (χ0v) is 15.9. The first-order valence-corrected chi connectivity index (χ1v) is 9.19. The van der Waals surface area contributed by atoms with Crippen molar-refractivity contribution in [1.29, 1.82) is 0 Å². The number of carbonyl (C=O) groups is 2. The van der Waals surface area contributed by atoms with Gasteiger partial charge in [-0.25, -0.2) is 0 Å². The first-order chi connectivity index (χ1) is 11.9. The molecule has 0 bridgehead atoms. The highest BCUT2D eigenvalue weighted by Gasteiger charge is 2.19. The maximum Gasteiger partial charge on any atom is 0.237 e. The molecule has 0 radical (unpaired) electrons. The number of thioether (sulfide) groups is 1. The Morgan fingerprint density at radius 1 is 1.08 bits per heavy atom. The van der Waals surface area contributed by atoms with Crippen molar-refractivity contribution in [2.45, 2.75) is 44.3 Å². The van der Waals surface area contributed by atoms with E-state index in [9.17, 15) is 9.59 Å². The molecule has 2 aromatic carbocycles. The van der Waals surface area contributed by atoms with Crippen LogP contribution in [-0.4, -0.2) is 17.1 Å². The molecule has 0 aliphatic rings. The van der Waals surface area contributed by atoms with Crippen molar-refractivity contribution in [3.63, 3.8) is 0 Å². The van der Waals surface area contributed by atoms with Crippen molar-refractivity contribution < 1.29 is 9.59 Å². The Morgan fingerprint density at radius 2 is 1.84 bits per heavy atom. The van der Waals surface area contributed by atoms with Gasteiger partial charge in [0, 0.05) is 23.2 Å². The second-order valence-electron chi connectivity index (χ2n) is 6.03. The molecule has 0 aliphatic carbocycles. The van der Waals surface area contributed by atoms with E-state index in [1.54, 1.807) is 0 Å². The van der Waals surface area contributed by atoms with Gasteiger partial charge in [0.15, 0.2) is 0 Å². The summed E-state index contributed by atoms with van der Waals surface area (Å²) in [6.45, 7) is 7.50. The number of nitrogens with one attached hydrogen (secondary N) is 2. The average Bonchev–Trinajstić information content (AvgIpc) is 2.55. The summed E-state index contributed by atoms with van der Waals surface area (Å²) in [5.41, 5.74) is 3.82. The summed E-state index contributed by atoms with van der Waals surface area (Å²) in [4.78, 5) is 24.8. The van der Waals surface area contributed by atoms with Gasteiger partial charge >= 0.3 is 0 Å². The van der Waals surface area contributed by atoms with Crippen LogP contribution in [0.5, 0.6) is 0 Å². The van der Waals surface area contributed by atoms with E-state index in [2.05, 4.69) is 16.7 Å². The second-order valence-corrected chi connectivity index (χ2v) is 7.31. The van der Waals surface area contributed by atoms with Gasteiger partial charge in [-0.15, -0.1) is 11.8 Å². The van der Waals surface area contributed by atoms with E-state index >= 15 is 0 Å². The lowest BCUT2D eigenvalue weighted by molar-refractivity contribution is -0.116. The molecule has 0 saturated carbocycles. The minimum atomic E-state index is -0.201. The van der Waals surface area contributed by atoms with Crippen LogP contribution in [0.3, 0.4) is 0 Å². The number of amides is 2. The molecule has 1 unspecified atom stereocenters. The van der Waals surface area contributed by atoms with Crippen LogP contribution in [0.2, 0.25) is 0 Å². The van der Waals surface area contributed by atoms with E-state index in [1.807, 2.05) is 57.2 Å². The molecular weight excluding hydrogens is 332 g/mol. The summed E-state index contributed by atoms with van der Waals surface area (Å²) >= 11 is 1.50. The fourth-order valence-corrected chi connectivity index (χ4v) is 3.52. The van der Waals surface area contributed by atoms with Gasteiger partial charge in [0.2, 0.25) is 11.8 Å². The molecular formula is C20H24N2O2S. The lowest BCUT2D eigenvalue weighted by Crippen LogP contribution is -2.25. The molecule has 5 heteroatoms. The average molecular weight is 356 g/mol. The summed E-state index contributed by atoms with van der Waals surface area (Å²) in [5.74, 6) is -0.119. The van der Waals surface area contributed by atoms with E-state index in [1.165, 1.54) is 24.2 Å². The van der Waals surface area contributed by atoms with Crippen LogP contribution >= 0.6 is 11.8 Å². The van der Waals surface area contributed by atoms with Crippen molar-refractivity contribution >= 4 is 35.0 Å². The number of anilines is 2. The molecule has 0 aromatic heterocycles. The van der Waals surface area contributed by atoms with Crippen molar-refractivity contribution in [1.82, 2.24) is 0 Å². The second kappa shape index (κ2) is 8.72. The molecule has 25 heavy (non-hydrogen) atoms. The van der Waals surface area contributed by atoms with Crippen LogP contribution in [-0.2, 0) is 9.59 Å². The van der Waals surface area contributed by atoms with Crippen molar-refractivity contribution in [2.24, 2.45) is 0 Å². The summed E-state index contributed by atoms with van der Waals surface area (Å²) in [5, 5.41) is 5.59. The molecule has 0 heterocycles. The third kappa shape index (κ3) is 5.64. The van der Waals surface area contributed by atoms with Gasteiger partial charge in [-0.05, 0) is 50.1 Å². The summed E-state index contributed by atoms with van der Waals surface area (Å²) in [7, 11) is 0. The van der Waals surface area contributed by atoms with Crippen LogP contribution in [0.15, 0.2) is 47.4 Å². The van der Waals surface area contributed by atoms with Gasteiger partial charge in [-0.1, -0.05) is 30.7 Å². The van der Waals surface area contributed by atoms with Crippen LogP contribution in [0.4, 0.5) is 11.4 Å². The molecule has 0 saturated heterocycles. The Morgan fingerprint density at radius 3 is 2.48 bits per heavy atom. The van der Waals surface area contributed by atoms with Crippen LogP contribution in [0, 0.1) is 13.8 Å². The van der Waals surface area contributed by atoms with Crippen LogP contribution in [0.1, 0.15) is 31.4 Å². The molecule has 1 atom stereocenters. The predicted octanol–water partition coefficient (Wildman–Crippen LogP) is 4.77. The third-order valence-corrected chi connectivity index (χ3v) is 5.09. The zero-order valence-electron chi connectivity index (χ0n) is 15.1. The Hall–Kier alpha value is -2.27. The Balaban J connectivity index is 2.08. The zero-order chi connectivity index (χ0) is 18.4. The largest absolute Gasteiger partial charge is 0.326 e. The smallest absolute Gasteiger partial charge is 0.237 e. The number of aryl methyl sites for hydroxylation is 2. The highest BCUT2D eigenvalue weighted by atomic mass is 32.2. The Kier molecular flexibility index (Phi) is 6.65. The standard InChI is InChI=1S/C20H24N2O2S/c1-5-19(20(24)22-18-10-9-13(2)11-14(18)3)25-17-8-6-7-16(12-17)21-15(4)23/h6-12,19H,5H2,1-4H3,(H,21,23)(H,22,24). The molecule has 4 nitrogen and oxygen atoms in total. The highest BCUT2D eigenvalue weighted by Crippen LogP contribution is 2.29. The van der Waals surface area contributed by atoms with Gasteiger partial charge < -0.3 is 10.6 Å². The van der Waals surface area contributed by atoms with Gasteiger partial charge in [0.1, 0.15) is 0 Å². The number of hydrogen-bond donors (Lipinski definition) is 2. The fraction of sp³-hybridized carbons (Fsp3) is 0.300. The molecule has 132 valence electrons. The first kappa shape index (κ1) is 19.1. The van der Waals surface area contributed by atoms with E-state index in [-0.39, 0.29) is 17.1 Å². The quantitative estimate of drug-likeness (QED) is 0.733. The minimum absolute atomic E-state index is 0.00983. The molecule has 0 fully saturated rings. The molecule has 2 N–H and O–H groups in total. The monoisotopic (exact) mass is 356 g/mol. The van der Waals surface area contributed by atoms with E-state index < -0.39 is 0 Å². The van der Waals surface area contributed by atoms with Crippen molar-refractivity contribution in [2.75, 3.05) is 10.6 Å². The number of benzene rings is 2. The summed E-state index contributed by atoms with van der Waals surface area (Å²) in [6, 6.07) is 13.5. The van der Waals surface area contributed by atoms with E-state index in [4.69, 9.17) is 0 Å².